The van der Waals surface area contributed by atoms with Crippen LogP contribution in [0, 0.1) is 0 Å². The molecule has 2 heterocycles. The third-order valence-electron chi connectivity index (χ3n) is 4.33. The average molecular weight is 489 g/mol. The maximum atomic E-state index is 5.50. The van der Waals surface area contributed by atoms with Gasteiger partial charge in [-0.15, -0.1) is 24.0 Å². The van der Waals surface area contributed by atoms with Gasteiger partial charge in [-0.2, -0.15) is 5.10 Å². The van der Waals surface area contributed by atoms with Crippen molar-refractivity contribution in [2.24, 2.45) is 12.0 Å². The highest BCUT2D eigenvalue weighted by Gasteiger charge is 2.15. The molecule has 2 aromatic rings. The number of methoxy groups -OCH3 is 1. The maximum absolute atomic E-state index is 5.50. The molecule has 0 aliphatic carbocycles. The van der Waals surface area contributed by atoms with E-state index in [1.54, 1.807) is 18.1 Å². The molecule has 2 aromatic heterocycles. The molecule has 0 amide bonds. The summed E-state index contributed by atoms with van der Waals surface area (Å²) in [6.45, 7) is 7.66. The number of rotatable bonds is 9. The van der Waals surface area contributed by atoms with E-state index in [0.29, 0.717) is 12.6 Å². The van der Waals surface area contributed by atoms with E-state index in [0.717, 1.165) is 54.7 Å². The van der Waals surface area contributed by atoms with Crippen LogP contribution in [0.1, 0.15) is 44.2 Å². The Morgan fingerprint density at radius 1 is 1.41 bits per heavy atom. The van der Waals surface area contributed by atoms with Crippen LogP contribution in [0.4, 0.5) is 0 Å². The van der Waals surface area contributed by atoms with Crippen LogP contribution in [0.25, 0.3) is 0 Å². The summed E-state index contributed by atoms with van der Waals surface area (Å²) >= 11 is 0. The smallest absolute Gasteiger partial charge is 0.216 e. The molecule has 0 spiro atoms. The van der Waals surface area contributed by atoms with Crippen LogP contribution in [0.5, 0.6) is 5.88 Å². The van der Waals surface area contributed by atoms with Gasteiger partial charge >= 0.3 is 0 Å². The number of nitrogens with one attached hydrogen (secondary N) is 2. The van der Waals surface area contributed by atoms with Crippen molar-refractivity contribution in [3.63, 3.8) is 0 Å². The predicted molar refractivity (Wildman–Crippen MR) is 119 cm³/mol. The van der Waals surface area contributed by atoms with Gasteiger partial charge in [0.25, 0.3) is 0 Å². The summed E-state index contributed by atoms with van der Waals surface area (Å²) in [5.74, 6) is 2.52. The van der Waals surface area contributed by atoms with Crippen molar-refractivity contribution in [3.8, 4) is 5.88 Å². The zero-order valence-corrected chi connectivity index (χ0v) is 19.2. The van der Waals surface area contributed by atoms with Crippen molar-refractivity contribution in [2.75, 3.05) is 13.7 Å². The molecule has 2 N–H and O–H groups in total. The molecule has 0 radical (unpaired) electrons. The standard InChI is InChI=1S/C19H31N5O2.HI/c1-6-14(3)22-19(20-11-10-15-9-8-12-26-15)21-13-16-17(7-2)23-24(4)18(16)25-5;/h8-9,12,14H,6-7,10-11,13H2,1-5H3,(H2,20,21,22);1H. The summed E-state index contributed by atoms with van der Waals surface area (Å²) < 4.78 is 12.7. The molecular formula is C19H32IN5O2. The number of aliphatic imine (C=N–C) groups is 1. The summed E-state index contributed by atoms with van der Waals surface area (Å²) in [4.78, 5) is 4.76. The highest BCUT2D eigenvalue weighted by atomic mass is 127. The van der Waals surface area contributed by atoms with Gasteiger partial charge in [-0.3, -0.25) is 0 Å². The lowest BCUT2D eigenvalue weighted by Gasteiger charge is -2.17. The minimum Gasteiger partial charge on any atom is -0.481 e. The van der Waals surface area contributed by atoms with Gasteiger partial charge in [-0.25, -0.2) is 9.67 Å². The first-order valence-electron chi connectivity index (χ1n) is 9.24. The highest BCUT2D eigenvalue weighted by Crippen LogP contribution is 2.22. The predicted octanol–water partition coefficient (Wildman–Crippen LogP) is 3.28. The van der Waals surface area contributed by atoms with E-state index in [9.17, 15) is 0 Å². The van der Waals surface area contributed by atoms with Crippen molar-refractivity contribution in [3.05, 3.63) is 35.4 Å². The summed E-state index contributed by atoms with van der Waals surface area (Å²) in [6, 6.07) is 4.23. The molecule has 0 saturated heterocycles. The van der Waals surface area contributed by atoms with Gasteiger partial charge in [-0.1, -0.05) is 13.8 Å². The number of aryl methyl sites for hydroxylation is 2. The summed E-state index contributed by atoms with van der Waals surface area (Å²) in [6.07, 6.45) is 4.38. The van der Waals surface area contributed by atoms with E-state index in [4.69, 9.17) is 14.1 Å². The molecule has 2 rings (SSSR count). The number of aromatic nitrogens is 2. The first-order chi connectivity index (χ1) is 12.6. The monoisotopic (exact) mass is 489 g/mol. The molecule has 0 fully saturated rings. The van der Waals surface area contributed by atoms with Crippen molar-refractivity contribution in [1.29, 1.82) is 0 Å². The van der Waals surface area contributed by atoms with Gasteiger partial charge in [-0.05, 0) is 31.9 Å². The summed E-state index contributed by atoms with van der Waals surface area (Å²) in [5.41, 5.74) is 2.06. The van der Waals surface area contributed by atoms with Crippen LogP contribution in [0.3, 0.4) is 0 Å². The molecule has 7 nitrogen and oxygen atoms in total. The quantitative estimate of drug-likeness (QED) is 0.321. The minimum atomic E-state index is 0. The Morgan fingerprint density at radius 2 is 2.19 bits per heavy atom. The Balaban J connectivity index is 0.00000364. The number of nitrogens with zero attached hydrogens (tertiary/aromatic N) is 3. The summed E-state index contributed by atoms with van der Waals surface area (Å²) in [7, 11) is 3.56. The Bertz CT molecular complexity index is 697. The molecular weight excluding hydrogens is 457 g/mol. The second kappa shape index (κ2) is 11.9. The third-order valence-corrected chi connectivity index (χ3v) is 4.33. The molecule has 0 aromatic carbocycles. The first kappa shape index (κ1) is 23.3. The molecule has 8 heteroatoms. The second-order valence-corrected chi connectivity index (χ2v) is 6.29. The third kappa shape index (κ3) is 6.75. The zero-order valence-electron chi connectivity index (χ0n) is 16.9. The minimum absolute atomic E-state index is 0. The molecule has 1 unspecified atom stereocenters. The van der Waals surface area contributed by atoms with Gasteiger partial charge in [0.1, 0.15) is 5.76 Å². The van der Waals surface area contributed by atoms with E-state index >= 15 is 0 Å². The van der Waals surface area contributed by atoms with Crippen LogP contribution < -0.4 is 15.4 Å². The molecule has 0 bridgehead atoms. The normalized spacial score (nSPS) is 12.4. The number of ether oxygens (including phenoxy) is 1. The lowest BCUT2D eigenvalue weighted by molar-refractivity contribution is 0.369. The molecule has 27 heavy (non-hydrogen) atoms. The van der Waals surface area contributed by atoms with E-state index < -0.39 is 0 Å². The lowest BCUT2D eigenvalue weighted by atomic mass is 10.2. The Kier molecular flexibility index (Phi) is 10.3. The molecule has 0 aliphatic rings. The van der Waals surface area contributed by atoms with Crippen LogP contribution >= 0.6 is 24.0 Å². The Hall–Kier alpha value is -1.71. The fourth-order valence-electron chi connectivity index (χ4n) is 2.71. The Labute approximate surface area is 179 Å². The molecule has 0 aliphatic heterocycles. The highest BCUT2D eigenvalue weighted by molar-refractivity contribution is 14.0. The fraction of sp³-hybridized carbons (Fsp3) is 0.579. The van der Waals surface area contributed by atoms with Gasteiger partial charge in [0.15, 0.2) is 5.96 Å². The van der Waals surface area contributed by atoms with E-state index in [1.165, 1.54) is 0 Å². The SMILES string of the molecule is CCc1nn(C)c(OC)c1CN=C(NCCc1ccco1)NC(C)CC.I. The van der Waals surface area contributed by atoms with Gasteiger partial charge in [0, 0.05) is 26.1 Å². The second-order valence-electron chi connectivity index (χ2n) is 6.29. The number of guanidine groups is 1. The van der Waals surface area contributed by atoms with Crippen LogP contribution in [-0.4, -0.2) is 35.4 Å². The van der Waals surface area contributed by atoms with Crippen molar-refractivity contribution >= 4 is 29.9 Å². The van der Waals surface area contributed by atoms with Crippen molar-refractivity contribution in [2.45, 2.75) is 52.6 Å². The molecule has 0 saturated carbocycles. The number of halogens is 1. The van der Waals surface area contributed by atoms with E-state index in [2.05, 4.69) is 36.5 Å². The average Bonchev–Trinajstić information content (AvgIpc) is 3.26. The number of furan rings is 1. The number of hydrogen-bond acceptors (Lipinski definition) is 4. The maximum Gasteiger partial charge on any atom is 0.216 e. The summed E-state index contributed by atoms with van der Waals surface area (Å²) in [5, 5.41) is 11.3. The molecule has 152 valence electrons. The number of hydrogen-bond donors (Lipinski definition) is 2. The largest absolute Gasteiger partial charge is 0.481 e. The van der Waals surface area contributed by atoms with Gasteiger partial charge < -0.3 is 19.8 Å². The lowest BCUT2D eigenvalue weighted by Crippen LogP contribution is -2.42. The fourth-order valence-corrected chi connectivity index (χ4v) is 2.71. The van der Waals surface area contributed by atoms with Gasteiger partial charge in [0.05, 0.1) is 31.2 Å². The molecule has 1 atom stereocenters. The van der Waals surface area contributed by atoms with Crippen molar-refractivity contribution < 1.29 is 9.15 Å². The van der Waals surface area contributed by atoms with E-state index in [-0.39, 0.29) is 24.0 Å². The van der Waals surface area contributed by atoms with Crippen LogP contribution in [0.15, 0.2) is 27.8 Å². The van der Waals surface area contributed by atoms with Gasteiger partial charge in [0.2, 0.25) is 5.88 Å². The van der Waals surface area contributed by atoms with E-state index in [1.807, 2.05) is 19.2 Å². The zero-order chi connectivity index (χ0) is 18.9. The van der Waals surface area contributed by atoms with Crippen molar-refractivity contribution in [1.82, 2.24) is 20.4 Å². The topological polar surface area (TPSA) is 76.6 Å². The Morgan fingerprint density at radius 3 is 2.78 bits per heavy atom. The first-order valence-corrected chi connectivity index (χ1v) is 9.24. The van der Waals surface area contributed by atoms with Crippen LogP contribution in [0.2, 0.25) is 0 Å². The van der Waals surface area contributed by atoms with Crippen LogP contribution in [-0.2, 0) is 26.4 Å².